The van der Waals surface area contributed by atoms with E-state index in [1.54, 1.807) is 17.6 Å². The smallest absolute Gasteiger partial charge is 0.172 e. The quantitative estimate of drug-likeness (QED) is 0.334. The van der Waals surface area contributed by atoms with Gasteiger partial charge in [0.1, 0.15) is 5.82 Å². The molecule has 7 nitrogen and oxygen atoms in total. The van der Waals surface area contributed by atoms with Gasteiger partial charge in [-0.25, -0.2) is 9.71 Å². The topological polar surface area (TPSA) is 94.7 Å². The number of halogens is 1. The van der Waals surface area contributed by atoms with E-state index in [4.69, 9.17) is 4.98 Å². The van der Waals surface area contributed by atoms with Crippen LogP contribution >= 0.6 is 27.9 Å². The van der Waals surface area contributed by atoms with E-state index in [9.17, 15) is 10.2 Å². The zero-order valence-corrected chi connectivity index (χ0v) is 19.9. The number of aromatic nitrogens is 3. The Bertz CT molecular complexity index is 1190. The zero-order valence-electron chi connectivity index (χ0n) is 17.5. The number of hydrogen-bond acceptors (Lipinski definition) is 7. The molecule has 0 radical (unpaired) electrons. The first kappa shape index (κ1) is 22.8. The first-order valence-corrected chi connectivity index (χ1v) is 11.7. The van der Waals surface area contributed by atoms with Crippen LogP contribution in [-0.2, 0) is 0 Å². The molecule has 166 valence electrons. The van der Waals surface area contributed by atoms with Gasteiger partial charge >= 0.3 is 0 Å². The maximum Gasteiger partial charge on any atom is 0.172 e. The molecule has 0 saturated carbocycles. The number of fused-ring (bicyclic) bond motifs is 1. The highest BCUT2D eigenvalue weighted by molar-refractivity contribution is 9.10. The Balaban J connectivity index is 1.60. The van der Waals surface area contributed by atoms with E-state index in [1.165, 1.54) is 11.9 Å². The third-order valence-electron chi connectivity index (χ3n) is 4.97. The monoisotopic (exact) mass is 513 g/mol. The van der Waals surface area contributed by atoms with Gasteiger partial charge < -0.3 is 15.5 Å². The van der Waals surface area contributed by atoms with E-state index < -0.39 is 5.54 Å². The number of nitrogens with one attached hydrogen (secondary N) is 2. The third-order valence-corrected chi connectivity index (χ3v) is 6.63. The normalized spacial score (nSPS) is 14.2. The van der Waals surface area contributed by atoms with Crippen LogP contribution in [0.1, 0.15) is 13.3 Å². The van der Waals surface area contributed by atoms with Gasteiger partial charge in [-0.15, -0.1) is 0 Å². The second-order valence-corrected chi connectivity index (χ2v) is 9.43. The zero-order chi connectivity index (χ0) is 22.6. The summed E-state index contributed by atoms with van der Waals surface area (Å²) in [6.07, 6.45) is 10.5. The van der Waals surface area contributed by atoms with Crippen LogP contribution < -0.4 is 10.0 Å². The van der Waals surface area contributed by atoms with E-state index in [1.807, 2.05) is 54.6 Å². The van der Waals surface area contributed by atoms with Crippen LogP contribution in [-0.4, -0.2) is 43.6 Å². The minimum atomic E-state index is -0.750. The van der Waals surface area contributed by atoms with E-state index in [2.05, 4.69) is 37.1 Å². The summed E-state index contributed by atoms with van der Waals surface area (Å²) in [5, 5.41) is 26.9. The van der Waals surface area contributed by atoms with Gasteiger partial charge in [0.2, 0.25) is 0 Å². The molecule has 0 unspecified atom stereocenters. The Morgan fingerprint density at radius 3 is 2.72 bits per heavy atom. The lowest BCUT2D eigenvalue weighted by molar-refractivity contribution is 0.124. The molecule has 0 atom stereocenters. The van der Waals surface area contributed by atoms with Crippen LogP contribution in [0.2, 0.25) is 0 Å². The lowest BCUT2D eigenvalue weighted by atomic mass is 10.1. The molecule has 3 aromatic rings. The molecule has 0 spiro atoms. The molecule has 2 aromatic heterocycles. The molecule has 32 heavy (non-hydrogen) atoms. The molecule has 2 heterocycles. The summed E-state index contributed by atoms with van der Waals surface area (Å²) < 4.78 is 5.74. The molecule has 1 aliphatic rings. The highest BCUT2D eigenvalue weighted by Crippen LogP contribution is 2.28. The Kier molecular flexibility index (Phi) is 7.12. The predicted molar refractivity (Wildman–Crippen MR) is 133 cm³/mol. The van der Waals surface area contributed by atoms with Crippen molar-refractivity contribution in [1.82, 2.24) is 19.3 Å². The average Bonchev–Trinajstić information content (AvgIpc) is 3.06. The number of aliphatic hydroxyl groups is 2. The predicted octanol–water partition coefficient (Wildman–Crippen LogP) is 4.28. The van der Waals surface area contributed by atoms with Crippen molar-refractivity contribution < 1.29 is 10.2 Å². The molecule has 0 fully saturated rings. The highest BCUT2D eigenvalue weighted by atomic mass is 79.9. The molecule has 4 rings (SSSR count). The average molecular weight is 514 g/mol. The molecule has 0 aliphatic heterocycles. The summed E-state index contributed by atoms with van der Waals surface area (Å²) in [7, 11) is 0. The first-order chi connectivity index (χ1) is 15.5. The minimum absolute atomic E-state index is 0.155. The van der Waals surface area contributed by atoms with E-state index in [-0.39, 0.29) is 13.2 Å². The first-order valence-electron chi connectivity index (χ1n) is 10.1. The summed E-state index contributed by atoms with van der Waals surface area (Å²) in [5.74, 6) is 0.815. The van der Waals surface area contributed by atoms with Crippen molar-refractivity contribution in [3.05, 3.63) is 82.0 Å². The molecule has 1 aromatic carbocycles. The maximum atomic E-state index is 9.46. The van der Waals surface area contributed by atoms with E-state index >= 15 is 0 Å². The molecule has 0 bridgehead atoms. The Morgan fingerprint density at radius 1 is 1.19 bits per heavy atom. The summed E-state index contributed by atoms with van der Waals surface area (Å²) in [5.41, 5.74) is 2.88. The molecule has 4 N–H and O–H groups in total. The minimum Gasteiger partial charge on any atom is -0.394 e. The Hall–Kier alpha value is -2.43. The van der Waals surface area contributed by atoms with Crippen molar-refractivity contribution in [2.45, 2.75) is 18.9 Å². The van der Waals surface area contributed by atoms with Crippen LogP contribution in [0, 0.1) is 0 Å². The van der Waals surface area contributed by atoms with Crippen molar-refractivity contribution >= 4 is 39.3 Å². The number of hydrogen-bond donors (Lipinski definition) is 4. The number of allylic oxidation sites excluding steroid dienone is 4. The summed E-state index contributed by atoms with van der Waals surface area (Å²) in [4.78, 5) is 5.74. The second-order valence-electron chi connectivity index (χ2n) is 7.69. The van der Waals surface area contributed by atoms with Crippen LogP contribution in [0.5, 0.6) is 0 Å². The van der Waals surface area contributed by atoms with Gasteiger partial charge in [-0.1, -0.05) is 42.5 Å². The van der Waals surface area contributed by atoms with Crippen molar-refractivity contribution in [1.29, 1.82) is 0 Å². The van der Waals surface area contributed by atoms with Crippen LogP contribution in [0.4, 0.5) is 5.82 Å². The number of benzene rings is 1. The Morgan fingerprint density at radius 2 is 1.97 bits per heavy atom. The largest absolute Gasteiger partial charge is 0.394 e. The maximum absolute atomic E-state index is 9.46. The number of rotatable bonds is 8. The fourth-order valence-corrected chi connectivity index (χ4v) is 4.15. The van der Waals surface area contributed by atoms with Gasteiger partial charge in [0.15, 0.2) is 5.65 Å². The van der Waals surface area contributed by atoms with Crippen LogP contribution in [0.15, 0.2) is 82.0 Å². The van der Waals surface area contributed by atoms with E-state index in [0.717, 1.165) is 37.8 Å². The van der Waals surface area contributed by atoms with Gasteiger partial charge in [0.05, 0.1) is 35.1 Å². The molecule has 9 heteroatoms. The Labute approximate surface area is 199 Å². The lowest BCUT2D eigenvalue weighted by Crippen LogP contribution is -2.45. The molecular weight excluding hydrogens is 490 g/mol. The number of nitrogens with zero attached hydrogens (tertiary/aromatic N) is 3. The summed E-state index contributed by atoms with van der Waals surface area (Å²) in [6.45, 7) is 1.46. The van der Waals surface area contributed by atoms with Gasteiger partial charge in [0.25, 0.3) is 0 Å². The number of anilines is 1. The van der Waals surface area contributed by atoms with Crippen molar-refractivity contribution in [2.75, 3.05) is 18.5 Å². The SMILES string of the molecule is CC(CO)(CO)NSC1=CC=C(Nc2cc(-c3ccccc3)nc3c(Br)cnn23)CC=C1. The molecule has 0 saturated heterocycles. The van der Waals surface area contributed by atoms with Crippen molar-refractivity contribution in [3.8, 4) is 11.3 Å². The molecular formula is C23H24BrN5O2S. The molecule has 1 aliphatic carbocycles. The molecule has 0 amide bonds. The lowest BCUT2D eigenvalue weighted by Gasteiger charge is -2.25. The van der Waals surface area contributed by atoms with Gasteiger partial charge in [-0.2, -0.15) is 9.61 Å². The summed E-state index contributed by atoms with van der Waals surface area (Å²) in [6, 6.07) is 12.0. The van der Waals surface area contributed by atoms with Crippen LogP contribution in [0.3, 0.4) is 0 Å². The fourth-order valence-electron chi connectivity index (χ4n) is 3.01. The van der Waals surface area contributed by atoms with E-state index in [0.29, 0.717) is 6.42 Å². The second kappa shape index (κ2) is 10.0. The highest BCUT2D eigenvalue weighted by Gasteiger charge is 2.22. The third kappa shape index (κ3) is 5.13. The number of aliphatic hydroxyl groups excluding tert-OH is 2. The van der Waals surface area contributed by atoms with Crippen molar-refractivity contribution in [2.24, 2.45) is 0 Å². The fraction of sp³-hybridized carbons (Fsp3) is 0.217. The van der Waals surface area contributed by atoms with Gasteiger partial charge in [0, 0.05) is 28.7 Å². The van der Waals surface area contributed by atoms with Crippen LogP contribution in [0.25, 0.3) is 16.9 Å². The standard InChI is InChI=1S/C23H24BrN5O2S/c1-23(14-30,15-31)28-32-18-9-5-8-17(10-11-18)26-21-12-20(16-6-3-2-4-7-16)27-22-19(24)13-25-29(21)22/h2-7,9-13,26,28,30-31H,8,14-15H2,1H3. The van der Waals surface area contributed by atoms with Gasteiger partial charge in [-0.05, 0) is 47.0 Å². The van der Waals surface area contributed by atoms with Gasteiger partial charge in [-0.3, -0.25) is 0 Å². The summed E-state index contributed by atoms with van der Waals surface area (Å²) >= 11 is 4.92. The van der Waals surface area contributed by atoms with Crippen molar-refractivity contribution in [3.63, 3.8) is 0 Å².